The third-order valence-corrected chi connectivity index (χ3v) is 4.76. The molecule has 0 saturated heterocycles. The number of carbonyl (C=O) groups excluding carboxylic acids is 2. The fourth-order valence-electron chi connectivity index (χ4n) is 3.07. The minimum atomic E-state index is -1.17. The molecule has 0 unspecified atom stereocenters. The molecule has 2 amide bonds. The zero-order chi connectivity index (χ0) is 22.7. The van der Waals surface area contributed by atoms with Gasteiger partial charge >= 0.3 is 6.09 Å². The van der Waals surface area contributed by atoms with E-state index in [1.165, 1.54) is 13.1 Å². The maximum Gasteiger partial charge on any atom is 0.413 e. The zero-order valence-electron chi connectivity index (χ0n) is 16.9. The van der Waals surface area contributed by atoms with Crippen molar-refractivity contribution >= 4 is 34.8 Å². The normalized spacial score (nSPS) is 10.5. The van der Waals surface area contributed by atoms with Crippen molar-refractivity contribution in [2.45, 2.75) is 0 Å². The molecule has 0 bridgehead atoms. The Kier molecular flexibility index (Phi) is 5.54. The number of fused-ring (bicyclic) bond motifs is 1. The molecule has 0 atom stereocenters. The summed E-state index contributed by atoms with van der Waals surface area (Å²) >= 11 is 0. The highest BCUT2D eigenvalue weighted by Gasteiger charge is 2.20. The molecule has 0 spiro atoms. The Labute approximate surface area is 182 Å². The smallest absolute Gasteiger partial charge is 0.413 e. The number of aromatic amines is 1. The highest BCUT2D eigenvalue weighted by atomic mass is 16.7. The van der Waals surface area contributed by atoms with Crippen LogP contribution < -0.4 is 15.2 Å². The van der Waals surface area contributed by atoms with E-state index >= 15 is 0 Å². The Balaban J connectivity index is 1.60. The molecule has 4 rings (SSSR count). The van der Waals surface area contributed by atoms with Gasteiger partial charge in [0, 0.05) is 18.2 Å². The van der Waals surface area contributed by atoms with E-state index in [0.717, 1.165) is 4.90 Å². The summed E-state index contributed by atoms with van der Waals surface area (Å²) in [6, 6.07) is 19.9. The van der Waals surface area contributed by atoms with Crippen molar-refractivity contribution in [3.8, 4) is 5.75 Å². The summed E-state index contributed by atoms with van der Waals surface area (Å²) in [5.41, 5.74) is 4.00. The second-order valence-electron chi connectivity index (χ2n) is 6.85. The van der Waals surface area contributed by atoms with E-state index in [4.69, 9.17) is 9.94 Å². The molecule has 0 aliphatic carbocycles. The van der Waals surface area contributed by atoms with Gasteiger partial charge in [-0.1, -0.05) is 36.4 Å². The molecule has 9 nitrogen and oxygen atoms in total. The van der Waals surface area contributed by atoms with Gasteiger partial charge < -0.3 is 14.9 Å². The number of imidazole rings is 1. The van der Waals surface area contributed by atoms with Crippen LogP contribution in [0.3, 0.4) is 0 Å². The summed E-state index contributed by atoms with van der Waals surface area (Å²) < 4.78 is 0. The molecule has 1 heterocycles. The number of hydroxylamine groups is 1. The minimum absolute atomic E-state index is 0.134. The Hall–Kier alpha value is -4.66. The lowest BCUT2D eigenvalue weighted by molar-refractivity contribution is 0.0756. The molecular formula is C23H18N4O5. The number of nitrogens with one attached hydrogen (secondary N) is 2. The van der Waals surface area contributed by atoms with Gasteiger partial charge in [-0.25, -0.2) is 9.78 Å². The molecule has 1 aromatic heterocycles. The predicted octanol–water partition coefficient (Wildman–Crippen LogP) is 3.63. The highest BCUT2D eigenvalue weighted by molar-refractivity contribution is 6.16. The van der Waals surface area contributed by atoms with Crippen LogP contribution in [0.15, 0.2) is 72.8 Å². The molecular weight excluding hydrogens is 412 g/mol. The Bertz CT molecular complexity index is 1320. The van der Waals surface area contributed by atoms with Crippen LogP contribution in [0.2, 0.25) is 0 Å². The summed E-state index contributed by atoms with van der Waals surface area (Å²) in [5.74, 6) is -0.358. The van der Waals surface area contributed by atoms with Crippen molar-refractivity contribution in [2.24, 2.45) is 0 Å². The van der Waals surface area contributed by atoms with Gasteiger partial charge in [-0.15, -0.1) is 0 Å². The minimum Gasteiger partial charge on any atom is -0.465 e. The first-order valence-electron chi connectivity index (χ1n) is 9.56. The number of nitrogens with zero attached hydrogens (tertiary/aromatic N) is 2. The van der Waals surface area contributed by atoms with Gasteiger partial charge in [0.15, 0.2) is 11.5 Å². The molecule has 3 aromatic carbocycles. The summed E-state index contributed by atoms with van der Waals surface area (Å²) in [6.45, 7) is 0. The van der Waals surface area contributed by atoms with E-state index in [2.05, 4.69) is 15.4 Å². The first-order chi connectivity index (χ1) is 15.4. The molecule has 0 fully saturated rings. The van der Waals surface area contributed by atoms with Crippen LogP contribution in [0.5, 0.6) is 5.75 Å². The van der Waals surface area contributed by atoms with Crippen molar-refractivity contribution in [1.82, 2.24) is 15.4 Å². The number of hydrogen-bond donors (Lipinski definition) is 3. The second kappa shape index (κ2) is 8.60. The number of carboxylic acid groups (broad SMARTS) is 1. The average Bonchev–Trinajstić information content (AvgIpc) is 3.25. The van der Waals surface area contributed by atoms with Gasteiger partial charge in [0.05, 0.1) is 16.6 Å². The van der Waals surface area contributed by atoms with Crippen LogP contribution in [-0.4, -0.2) is 39.9 Å². The van der Waals surface area contributed by atoms with E-state index in [-0.39, 0.29) is 22.9 Å². The monoisotopic (exact) mass is 430 g/mol. The topological polar surface area (TPSA) is 125 Å². The first-order valence-corrected chi connectivity index (χ1v) is 9.56. The third-order valence-electron chi connectivity index (χ3n) is 4.76. The van der Waals surface area contributed by atoms with Gasteiger partial charge in [0.1, 0.15) is 0 Å². The lowest BCUT2D eigenvalue weighted by Crippen LogP contribution is -2.28. The first kappa shape index (κ1) is 20.6. The lowest BCUT2D eigenvalue weighted by Gasteiger charge is -2.10. The maximum absolute atomic E-state index is 13.2. The van der Waals surface area contributed by atoms with E-state index < -0.39 is 12.0 Å². The second-order valence-corrected chi connectivity index (χ2v) is 6.85. The Morgan fingerprint density at radius 2 is 1.66 bits per heavy atom. The van der Waals surface area contributed by atoms with Crippen molar-refractivity contribution in [3.63, 3.8) is 0 Å². The average molecular weight is 430 g/mol. The zero-order valence-corrected chi connectivity index (χ0v) is 16.9. The van der Waals surface area contributed by atoms with Gasteiger partial charge in [0.25, 0.3) is 5.91 Å². The summed E-state index contributed by atoms with van der Waals surface area (Å²) in [7, 11) is 1.36. The number of hydrogen-bond acceptors (Lipinski definition) is 5. The molecule has 0 saturated carbocycles. The number of rotatable bonds is 6. The molecule has 4 aromatic rings. The maximum atomic E-state index is 13.2. The largest absolute Gasteiger partial charge is 0.465 e. The summed E-state index contributed by atoms with van der Waals surface area (Å²) in [4.78, 5) is 50.3. The Morgan fingerprint density at radius 3 is 2.38 bits per heavy atom. The predicted molar refractivity (Wildman–Crippen MR) is 117 cm³/mol. The number of aromatic nitrogens is 2. The number of carbonyl (C=O) groups is 3. The van der Waals surface area contributed by atoms with Gasteiger partial charge in [-0.3, -0.25) is 14.5 Å². The molecule has 0 aliphatic rings. The van der Waals surface area contributed by atoms with Crippen LogP contribution in [0, 0.1) is 0 Å². The quantitative estimate of drug-likeness (QED) is 0.317. The molecule has 32 heavy (non-hydrogen) atoms. The third kappa shape index (κ3) is 4.12. The number of amides is 2. The van der Waals surface area contributed by atoms with E-state index in [9.17, 15) is 14.4 Å². The van der Waals surface area contributed by atoms with Gasteiger partial charge in [0.2, 0.25) is 5.95 Å². The van der Waals surface area contributed by atoms with Crippen molar-refractivity contribution in [3.05, 3.63) is 89.5 Å². The molecule has 0 aliphatic heterocycles. The van der Waals surface area contributed by atoms with Crippen LogP contribution in [0.1, 0.15) is 26.3 Å². The van der Waals surface area contributed by atoms with Crippen LogP contribution in [0.25, 0.3) is 11.0 Å². The summed E-state index contributed by atoms with van der Waals surface area (Å²) in [5, 5.41) is 9.11. The molecule has 3 N–H and O–H groups in total. The highest BCUT2D eigenvalue weighted by Crippen LogP contribution is 2.21. The van der Waals surface area contributed by atoms with Gasteiger partial charge in [-0.05, 0) is 36.4 Å². The molecule has 160 valence electrons. The number of H-pyrrole nitrogens is 1. The van der Waals surface area contributed by atoms with Crippen LogP contribution in [0.4, 0.5) is 10.7 Å². The van der Waals surface area contributed by atoms with E-state index in [0.29, 0.717) is 22.3 Å². The van der Waals surface area contributed by atoms with Crippen molar-refractivity contribution in [1.29, 1.82) is 0 Å². The van der Waals surface area contributed by atoms with Crippen LogP contribution in [-0.2, 0) is 0 Å². The fraction of sp³-hybridized carbons (Fsp3) is 0.0435. The van der Waals surface area contributed by atoms with Gasteiger partial charge in [-0.2, -0.15) is 5.48 Å². The number of ketones is 1. The Morgan fingerprint density at radius 1 is 0.969 bits per heavy atom. The van der Waals surface area contributed by atoms with E-state index in [1.54, 1.807) is 60.7 Å². The number of anilines is 1. The van der Waals surface area contributed by atoms with Crippen LogP contribution >= 0.6 is 0 Å². The van der Waals surface area contributed by atoms with E-state index in [1.807, 2.05) is 6.07 Å². The lowest BCUT2D eigenvalue weighted by atomic mass is 9.98. The number of benzene rings is 3. The fourth-order valence-corrected chi connectivity index (χ4v) is 3.07. The standard InChI is InChI=1S/C23H18N4O5/c1-27(23(30)31)22-24-18-12-11-14(13-19(18)25-22)20(28)16-9-5-6-10-17(16)21(29)26-32-15-7-3-2-4-8-15/h2-13H,1H3,(H,24,25)(H,26,29)(H,30,31). The SMILES string of the molecule is CN(C(=O)O)c1nc2cc(C(=O)c3ccccc3C(=O)NOc3ccccc3)ccc2[nH]1. The van der Waals surface area contributed by atoms with Crippen molar-refractivity contribution < 1.29 is 24.3 Å². The summed E-state index contributed by atoms with van der Waals surface area (Å²) in [6.07, 6.45) is -1.17. The molecule has 9 heteroatoms. The molecule has 0 radical (unpaired) electrons. The number of para-hydroxylation sites is 1. The van der Waals surface area contributed by atoms with Crippen molar-refractivity contribution in [2.75, 3.05) is 11.9 Å².